The Morgan fingerprint density at radius 2 is 1.02 bits per heavy atom. The standard InChI is InChI=1S/C40H58O2/c1-33(2)18-12-20-35(4)22-14-24-36(5)23-13-21-34(3)19-10-11-29-39(32-41)30-16-27-37(6)25-15-26-38(7)28-17-31-40(8,9)42/h10-11,13-16,18-19,21-27,29-30,41-42H,12,17,20,28,31-32H2,1-9H3/b11-10+,21-13+,24-14+,25-15+,30-16+,34-19+,35-22+,36-23+,37-27+,38-26+,39-29+. The van der Waals surface area contributed by atoms with E-state index in [2.05, 4.69) is 115 Å². The van der Waals surface area contributed by atoms with Gasteiger partial charge in [0, 0.05) is 0 Å². The van der Waals surface area contributed by atoms with Gasteiger partial charge in [-0.25, -0.2) is 0 Å². The van der Waals surface area contributed by atoms with Crippen molar-refractivity contribution in [1.29, 1.82) is 0 Å². The Morgan fingerprint density at radius 1 is 0.571 bits per heavy atom. The highest BCUT2D eigenvalue weighted by atomic mass is 16.3. The molecule has 0 saturated heterocycles. The van der Waals surface area contributed by atoms with E-state index in [9.17, 15) is 10.2 Å². The first-order chi connectivity index (χ1) is 19.8. The lowest BCUT2D eigenvalue weighted by Gasteiger charge is -2.16. The molecule has 2 heteroatoms. The van der Waals surface area contributed by atoms with Crippen LogP contribution in [0.1, 0.15) is 94.4 Å². The van der Waals surface area contributed by atoms with Crippen LogP contribution in [0.5, 0.6) is 0 Å². The summed E-state index contributed by atoms with van der Waals surface area (Å²) in [5, 5.41) is 19.5. The minimum Gasteiger partial charge on any atom is -0.392 e. The van der Waals surface area contributed by atoms with Gasteiger partial charge in [-0.3, -0.25) is 0 Å². The summed E-state index contributed by atoms with van der Waals surface area (Å²) >= 11 is 0. The Kier molecular flexibility index (Phi) is 21.6. The maximum Gasteiger partial charge on any atom is 0.0681 e. The highest BCUT2D eigenvalue weighted by Gasteiger charge is 2.10. The van der Waals surface area contributed by atoms with Crippen LogP contribution in [0.2, 0.25) is 0 Å². The average molecular weight is 571 g/mol. The summed E-state index contributed by atoms with van der Waals surface area (Å²) in [5.74, 6) is 0. The molecular weight excluding hydrogens is 512 g/mol. The SMILES string of the molecule is CC(C)=CCC/C(C)=C/C=C/C(C)=C/C=C/C(C)=C/C=C/C=C(\C=C\C=C(C)\C=C\C=C(/C)CCCC(C)(C)O)CO. The van der Waals surface area contributed by atoms with Crippen LogP contribution in [0.15, 0.2) is 142 Å². The molecule has 2 N–H and O–H groups in total. The van der Waals surface area contributed by atoms with Gasteiger partial charge in [0.1, 0.15) is 0 Å². The van der Waals surface area contributed by atoms with Crippen molar-refractivity contribution >= 4 is 0 Å². The highest BCUT2D eigenvalue weighted by Crippen LogP contribution is 2.15. The van der Waals surface area contributed by atoms with Gasteiger partial charge in [0.2, 0.25) is 0 Å². The Morgan fingerprint density at radius 3 is 1.52 bits per heavy atom. The van der Waals surface area contributed by atoms with Crippen LogP contribution in [0.25, 0.3) is 0 Å². The van der Waals surface area contributed by atoms with E-state index in [4.69, 9.17) is 0 Å². The van der Waals surface area contributed by atoms with E-state index < -0.39 is 5.60 Å². The third kappa shape index (κ3) is 25.7. The molecule has 42 heavy (non-hydrogen) atoms. The van der Waals surface area contributed by atoms with Crippen molar-refractivity contribution in [2.45, 2.75) is 100 Å². The minimum absolute atomic E-state index is 0.0134. The summed E-state index contributed by atoms with van der Waals surface area (Å²) in [6, 6.07) is 0. The molecule has 0 aliphatic carbocycles. The second-order valence-corrected chi connectivity index (χ2v) is 12.0. The fourth-order valence-electron chi connectivity index (χ4n) is 3.67. The summed E-state index contributed by atoms with van der Waals surface area (Å²) in [6.07, 6.45) is 40.1. The van der Waals surface area contributed by atoms with E-state index in [-0.39, 0.29) is 6.61 Å². The molecule has 0 aliphatic rings. The van der Waals surface area contributed by atoms with Gasteiger partial charge >= 0.3 is 0 Å². The van der Waals surface area contributed by atoms with Crippen LogP contribution in [0.3, 0.4) is 0 Å². The first kappa shape index (κ1) is 38.8. The molecule has 0 radical (unpaired) electrons. The zero-order valence-corrected chi connectivity index (χ0v) is 28.0. The molecule has 0 aromatic carbocycles. The van der Waals surface area contributed by atoms with Crippen LogP contribution in [0.4, 0.5) is 0 Å². The summed E-state index contributed by atoms with van der Waals surface area (Å²) in [4.78, 5) is 0. The van der Waals surface area contributed by atoms with Gasteiger partial charge in [-0.05, 0) is 100.0 Å². The predicted molar refractivity (Wildman–Crippen MR) is 188 cm³/mol. The first-order valence-corrected chi connectivity index (χ1v) is 15.2. The van der Waals surface area contributed by atoms with E-state index in [1.807, 2.05) is 50.3 Å². The quantitative estimate of drug-likeness (QED) is 0.127. The smallest absolute Gasteiger partial charge is 0.0681 e. The maximum absolute atomic E-state index is 9.82. The molecule has 0 saturated carbocycles. The van der Waals surface area contributed by atoms with Gasteiger partial charge in [-0.15, -0.1) is 0 Å². The zero-order valence-electron chi connectivity index (χ0n) is 28.0. The molecule has 0 spiro atoms. The third-order valence-electron chi connectivity index (χ3n) is 6.28. The van der Waals surface area contributed by atoms with Crippen LogP contribution in [-0.2, 0) is 0 Å². The number of hydrogen-bond donors (Lipinski definition) is 2. The fourth-order valence-corrected chi connectivity index (χ4v) is 3.67. The topological polar surface area (TPSA) is 40.5 Å². The number of aliphatic hydroxyl groups is 2. The highest BCUT2D eigenvalue weighted by molar-refractivity contribution is 5.33. The average Bonchev–Trinajstić information content (AvgIpc) is 2.89. The second kappa shape index (κ2) is 23.4. The molecule has 0 fully saturated rings. The second-order valence-electron chi connectivity index (χ2n) is 12.0. The van der Waals surface area contributed by atoms with Crippen molar-refractivity contribution in [3.63, 3.8) is 0 Å². The lowest BCUT2D eigenvalue weighted by Crippen LogP contribution is -2.17. The maximum atomic E-state index is 9.82. The first-order valence-electron chi connectivity index (χ1n) is 15.2. The van der Waals surface area contributed by atoms with Gasteiger partial charge in [0.15, 0.2) is 0 Å². The van der Waals surface area contributed by atoms with Crippen molar-refractivity contribution < 1.29 is 10.2 Å². The van der Waals surface area contributed by atoms with Crippen molar-refractivity contribution in [1.82, 2.24) is 0 Å². The Labute approximate surface area is 258 Å². The van der Waals surface area contributed by atoms with Crippen LogP contribution in [-0.4, -0.2) is 22.4 Å². The van der Waals surface area contributed by atoms with Gasteiger partial charge in [-0.2, -0.15) is 0 Å². The van der Waals surface area contributed by atoms with Gasteiger partial charge < -0.3 is 10.2 Å². The van der Waals surface area contributed by atoms with Crippen molar-refractivity contribution in [3.8, 4) is 0 Å². The van der Waals surface area contributed by atoms with E-state index in [1.165, 1.54) is 22.3 Å². The van der Waals surface area contributed by atoms with Crippen molar-refractivity contribution in [2.24, 2.45) is 0 Å². The molecule has 0 unspecified atom stereocenters. The summed E-state index contributed by atoms with van der Waals surface area (Å²) in [7, 11) is 0. The number of aliphatic hydroxyl groups excluding tert-OH is 1. The lowest BCUT2D eigenvalue weighted by atomic mass is 9.99. The van der Waals surface area contributed by atoms with Crippen LogP contribution < -0.4 is 0 Å². The Balaban J connectivity index is 4.83. The van der Waals surface area contributed by atoms with E-state index in [1.54, 1.807) is 0 Å². The molecule has 0 bridgehead atoms. The number of hydrogen-bond acceptors (Lipinski definition) is 2. The van der Waals surface area contributed by atoms with Crippen LogP contribution in [0, 0.1) is 0 Å². The van der Waals surface area contributed by atoms with Gasteiger partial charge in [-0.1, -0.05) is 137 Å². The van der Waals surface area contributed by atoms with Crippen LogP contribution >= 0.6 is 0 Å². The largest absolute Gasteiger partial charge is 0.392 e. The molecule has 0 heterocycles. The molecule has 0 amide bonds. The molecule has 0 aromatic heterocycles. The van der Waals surface area contributed by atoms with Gasteiger partial charge in [0.25, 0.3) is 0 Å². The van der Waals surface area contributed by atoms with Crippen molar-refractivity contribution in [2.75, 3.05) is 6.61 Å². The molecule has 0 rings (SSSR count). The number of allylic oxidation sites excluding steroid dienone is 22. The summed E-state index contributed by atoms with van der Waals surface area (Å²) in [5.41, 5.74) is 7.80. The molecule has 0 aromatic rings. The van der Waals surface area contributed by atoms with Crippen molar-refractivity contribution in [3.05, 3.63) is 142 Å². The lowest BCUT2D eigenvalue weighted by molar-refractivity contribution is 0.0689. The normalized spacial score (nSPS) is 15.5. The fraction of sp³-hybridized carbons (Fsp3) is 0.400. The van der Waals surface area contributed by atoms with Gasteiger partial charge in [0.05, 0.1) is 12.2 Å². The number of rotatable bonds is 18. The summed E-state index contributed by atoms with van der Waals surface area (Å²) < 4.78 is 0. The predicted octanol–water partition coefficient (Wildman–Crippen LogP) is 11.1. The molecule has 0 aliphatic heterocycles. The molecule has 230 valence electrons. The third-order valence-corrected chi connectivity index (χ3v) is 6.28. The van der Waals surface area contributed by atoms with E-state index in [0.717, 1.165) is 48.8 Å². The Bertz CT molecular complexity index is 1150. The monoisotopic (exact) mass is 570 g/mol. The molecular formula is C40H58O2. The van der Waals surface area contributed by atoms with E-state index in [0.29, 0.717) is 0 Å². The minimum atomic E-state index is -0.593. The molecule has 2 nitrogen and oxygen atoms in total. The zero-order chi connectivity index (χ0) is 31.8. The van der Waals surface area contributed by atoms with E-state index >= 15 is 0 Å². The Hall–Kier alpha value is -3.20. The summed E-state index contributed by atoms with van der Waals surface area (Å²) in [6.45, 7) is 18.5. The molecule has 0 atom stereocenters.